The summed E-state index contributed by atoms with van der Waals surface area (Å²) in [6.07, 6.45) is -4.21. The normalized spacial score (nSPS) is 23.0. The zero-order chi connectivity index (χ0) is 22.5. The van der Waals surface area contributed by atoms with Gasteiger partial charge >= 0.3 is 6.18 Å². The number of carbonyl (C=O) groups excluding carboxylic acids is 2. The number of para-hydroxylation sites is 1. The number of pyridine rings is 1. The first kappa shape index (κ1) is 20.2. The molecule has 0 aliphatic carbocycles. The molecule has 1 aromatic heterocycles. The van der Waals surface area contributed by atoms with Gasteiger partial charge in [-0.15, -0.1) is 0 Å². The van der Waals surface area contributed by atoms with Crippen molar-refractivity contribution in [2.75, 3.05) is 9.96 Å². The quantitative estimate of drug-likeness (QED) is 0.574. The summed E-state index contributed by atoms with van der Waals surface area (Å²) in [6, 6.07) is 17.6. The van der Waals surface area contributed by atoms with Gasteiger partial charge < -0.3 is 0 Å². The van der Waals surface area contributed by atoms with Crippen molar-refractivity contribution in [2.24, 2.45) is 5.92 Å². The number of hydrogen-bond acceptors (Lipinski definition) is 5. The molecule has 0 N–H and O–H groups in total. The number of amides is 2. The van der Waals surface area contributed by atoms with Crippen LogP contribution < -0.4 is 9.96 Å². The number of hydrogen-bond donors (Lipinski definition) is 0. The van der Waals surface area contributed by atoms with Crippen LogP contribution in [0.15, 0.2) is 79.0 Å². The molecule has 2 aromatic carbocycles. The number of hydroxylamine groups is 1. The zero-order valence-electron chi connectivity index (χ0n) is 16.4. The second kappa shape index (κ2) is 7.45. The van der Waals surface area contributed by atoms with Gasteiger partial charge in [0.15, 0.2) is 6.10 Å². The summed E-state index contributed by atoms with van der Waals surface area (Å²) in [5.41, 5.74) is 0.0549. The summed E-state index contributed by atoms with van der Waals surface area (Å²) >= 11 is 0. The zero-order valence-corrected chi connectivity index (χ0v) is 16.4. The number of nitrogens with zero attached hydrogens (tertiary/aromatic N) is 3. The lowest BCUT2D eigenvalue weighted by molar-refractivity contribution is -0.137. The number of anilines is 2. The van der Waals surface area contributed by atoms with Crippen molar-refractivity contribution in [3.8, 4) is 0 Å². The number of aromatic nitrogens is 1. The monoisotopic (exact) mass is 439 g/mol. The smallest absolute Gasteiger partial charge is 0.273 e. The number of carbonyl (C=O) groups is 2. The maximum absolute atomic E-state index is 13.4. The van der Waals surface area contributed by atoms with Gasteiger partial charge in [0, 0.05) is 6.20 Å². The number of fused-ring (bicyclic) bond motifs is 1. The Hall–Kier alpha value is -3.72. The van der Waals surface area contributed by atoms with E-state index in [4.69, 9.17) is 4.84 Å². The molecule has 2 aliphatic heterocycles. The van der Waals surface area contributed by atoms with Gasteiger partial charge in [-0.05, 0) is 42.5 Å². The van der Waals surface area contributed by atoms with Crippen LogP contribution in [-0.2, 0) is 20.6 Å². The van der Waals surface area contributed by atoms with Crippen LogP contribution in [0.4, 0.5) is 24.5 Å². The summed E-state index contributed by atoms with van der Waals surface area (Å²) in [5.74, 6) is -2.31. The molecule has 2 fully saturated rings. The van der Waals surface area contributed by atoms with Gasteiger partial charge in [-0.1, -0.05) is 30.3 Å². The summed E-state index contributed by atoms with van der Waals surface area (Å²) in [5, 5.41) is 1.48. The van der Waals surface area contributed by atoms with E-state index in [0.29, 0.717) is 11.4 Å². The minimum absolute atomic E-state index is 0.140. The van der Waals surface area contributed by atoms with Gasteiger partial charge in [-0.2, -0.15) is 13.2 Å². The van der Waals surface area contributed by atoms with Crippen molar-refractivity contribution in [1.82, 2.24) is 4.98 Å². The maximum atomic E-state index is 13.4. The molecular formula is C23H16F3N3O3. The van der Waals surface area contributed by atoms with Crippen LogP contribution in [-0.4, -0.2) is 22.9 Å². The third-order valence-corrected chi connectivity index (χ3v) is 5.55. The average Bonchev–Trinajstić information content (AvgIpc) is 3.30. The van der Waals surface area contributed by atoms with E-state index < -0.39 is 41.6 Å². The Balaban J connectivity index is 1.56. The Kier molecular flexibility index (Phi) is 4.70. The molecule has 0 bridgehead atoms. The number of rotatable bonds is 3. The van der Waals surface area contributed by atoms with Crippen LogP contribution in [0.2, 0.25) is 0 Å². The second-order valence-electron chi connectivity index (χ2n) is 7.47. The lowest BCUT2D eigenvalue weighted by Crippen LogP contribution is -2.37. The highest BCUT2D eigenvalue weighted by Gasteiger charge is 2.60. The van der Waals surface area contributed by atoms with Crippen LogP contribution in [0.1, 0.15) is 17.3 Å². The van der Waals surface area contributed by atoms with E-state index in [1.54, 1.807) is 48.7 Å². The molecule has 3 atom stereocenters. The number of imide groups is 1. The van der Waals surface area contributed by atoms with Crippen molar-refractivity contribution in [3.63, 3.8) is 0 Å². The lowest BCUT2D eigenvalue weighted by Gasteiger charge is -2.28. The third kappa shape index (κ3) is 3.21. The second-order valence-corrected chi connectivity index (χ2v) is 7.47. The minimum Gasteiger partial charge on any atom is -0.273 e. The topological polar surface area (TPSA) is 62.7 Å². The van der Waals surface area contributed by atoms with E-state index in [1.807, 2.05) is 6.07 Å². The molecule has 32 heavy (non-hydrogen) atoms. The molecule has 3 heterocycles. The predicted octanol–water partition coefficient (Wildman–Crippen LogP) is 4.15. The van der Waals surface area contributed by atoms with E-state index >= 15 is 0 Å². The maximum Gasteiger partial charge on any atom is 0.416 e. The van der Waals surface area contributed by atoms with E-state index in [2.05, 4.69) is 4.98 Å². The van der Waals surface area contributed by atoms with E-state index in [0.717, 1.165) is 17.0 Å². The highest BCUT2D eigenvalue weighted by molar-refractivity contribution is 6.23. The molecule has 9 heteroatoms. The minimum atomic E-state index is -4.60. The molecule has 2 aliphatic rings. The van der Waals surface area contributed by atoms with Gasteiger partial charge in [-0.3, -0.25) is 19.4 Å². The van der Waals surface area contributed by atoms with Crippen molar-refractivity contribution in [3.05, 3.63) is 90.3 Å². The van der Waals surface area contributed by atoms with Crippen molar-refractivity contribution < 1.29 is 27.6 Å². The molecule has 0 radical (unpaired) electrons. The van der Waals surface area contributed by atoms with Crippen LogP contribution in [0.25, 0.3) is 0 Å². The fourth-order valence-electron chi connectivity index (χ4n) is 4.14. The molecule has 5 rings (SSSR count). The fraction of sp³-hybridized carbons (Fsp3) is 0.174. The van der Waals surface area contributed by atoms with Gasteiger partial charge in [0.25, 0.3) is 5.91 Å². The van der Waals surface area contributed by atoms with E-state index in [-0.39, 0.29) is 5.69 Å². The molecular weight excluding hydrogens is 423 g/mol. The Labute approximate surface area is 180 Å². The third-order valence-electron chi connectivity index (χ3n) is 5.55. The number of alkyl halides is 3. The summed E-state index contributed by atoms with van der Waals surface area (Å²) < 4.78 is 39.5. The highest BCUT2D eigenvalue weighted by Crippen LogP contribution is 2.47. The Bertz CT molecular complexity index is 1170. The predicted molar refractivity (Wildman–Crippen MR) is 108 cm³/mol. The summed E-state index contributed by atoms with van der Waals surface area (Å²) in [4.78, 5) is 37.6. The van der Waals surface area contributed by atoms with Gasteiger partial charge in [-0.25, -0.2) is 9.96 Å². The first-order valence-electron chi connectivity index (χ1n) is 9.83. The molecule has 3 aromatic rings. The van der Waals surface area contributed by atoms with Crippen molar-refractivity contribution in [2.45, 2.75) is 18.3 Å². The number of halogens is 3. The highest BCUT2D eigenvalue weighted by atomic mass is 19.4. The standard InChI is InChI=1S/C23H16F3N3O3/c24-23(25,26)14-7-6-10-16(13-14)28-21(30)18-19(17-11-4-5-12-27-17)29(32-20(18)22(28)31)15-8-2-1-3-9-15/h1-13,18-20H. The molecule has 162 valence electrons. The first-order valence-corrected chi connectivity index (χ1v) is 9.83. The largest absolute Gasteiger partial charge is 0.416 e. The van der Waals surface area contributed by atoms with E-state index in [1.165, 1.54) is 17.2 Å². The molecule has 2 amide bonds. The Morgan fingerprint density at radius 1 is 0.844 bits per heavy atom. The van der Waals surface area contributed by atoms with Gasteiger partial charge in [0.05, 0.1) is 22.6 Å². The number of benzene rings is 2. The van der Waals surface area contributed by atoms with Gasteiger partial charge in [0.2, 0.25) is 5.91 Å². The molecule has 6 nitrogen and oxygen atoms in total. The molecule has 2 saturated heterocycles. The summed E-state index contributed by atoms with van der Waals surface area (Å²) in [6.45, 7) is 0. The Morgan fingerprint density at radius 2 is 1.56 bits per heavy atom. The van der Waals surface area contributed by atoms with Crippen molar-refractivity contribution in [1.29, 1.82) is 0 Å². The van der Waals surface area contributed by atoms with Crippen LogP contribution in [0.5, 0.6) is 0 Å². The van der Waals surface area contributed by atoms with Crippen LogP contribution in [0.3, 0.4) is 0 Å². The van der Waals surface area contributed by atoms with E-state index in [9.17, 15) is 22.8 Å². The molecule has 0 saturated carbocycles. The van der Waals surface area contributed by atoms with Gasteiger partial charge in [0.1, 0.15) is 12.0 Å². The fourth-order valence-corrected chi connectivity index (χ4v) is 4.14. The summed E-state index contributed by atoms with van der Waals surface area (Å²) in [7, 11) is 0. The Morgan fingerprint density at radius 3 is 2.25 bits per heavy atom. The van der Waals surface area contributed by atoms with Crippen LogP contribution in [0, 0.1) is 5.92 Å². The molecule has 0 spiro atoms. The first-order chi connectivity index (χ1) is 15.4. The average molecular weight is 439 g/mol. The molecule has 3 unspecified atom stereocenters. The lowest BCUT2D eigenvalue weighted by atomic mass is 9.93. The van der Waals surface area contributed by atoms with Crippen LogP contribution >= 0.6 is 0 Å². The van der Waals surface area contributed by atoms with Crippen molar-refractivity contribution >= 4 is 23.2 Å². The SMILES string of the molecule is O=C1C2ON(c3ccccc3)C(c3ccccn3)C2C(=O)N1c1cccc(C(F)(F)F)c1.